The topological polar surface area (TPSA) is 75.7 Å². The van der Waals surface area contributed by atoms with Gasteiger partial charge in [0.1, 0.15) is 5.75 Å². The van der Waals surface area contributed by atoms with Crippen molar-refractivity contribution < 1.29 is 19.1 Å². The molecule has 148 valence electrons. The Labute approximate surface area is 165 Å². The number of Topliss-reactive ketones (excluding diaryl/α,β-unsaturated/α-hetero) is 1. The third kappa shape index (κ3) is 6.54. The van der Waals surface area contributed by atoms with E-state index in [1.165, 1.54) is 13.8 Å². The second kappa shape index (κ2) is 10.3. The molecule has 0 heterocycles. The maximum atomic E-state index is 12.2. The Hall–Kier alpha value is -3.15. The number of carbonyl (C=O) groups excluding carboxylic acids is 3. The van der Waals surface area contributed by atoms with Crippen LogP contribution in [0.15, 0.2) is 48.5 Å². The molecule has 0 unspecified atom stereocenters. The van der Waals surface area contributed by atoms with Gasteiger partial charge in [-0.1, -0.05) is 24.3 Å². The summed E-state index contributed by atoms with van der Waals surface area (Å²) in [5, 5.41) is 2.77. The van der Waals surface area contributed by atoms with E-state index < -0.39 is 0 Å². The SMILES string of the molecule is COc1ccc(CCN(CCC(=O)Nc2cccc(C(C)=O)c2)C(C)=O)cc1. The number of rotatable bonds is 9. The second-order valence-corrected chi connectivity index (χ2v) is 6.54. The van der Waals surface area contributed by atoms with Crippen LogP contribution in [0.3, 0.4) is 0 Å². The fourth-order valence-electron chi connectivity index (χ4n) is 2.76. The summed E-state index contributed by atoms with van der Waals surface area (Å²) >= 11 is 0. The van der Waals surface area contributed by atoms with Gasteiger partial charge in [0.2, 0.25) is 11.8 Å². The third-order valence-electron chi connectivity index (χ3n) is 4.44. The highest BCUT2D eigenvalue weighted by atomic mass is 16.5. The van der Waals surface area contributed by atoms with Crippen molar-refractivity contribution in [1.82, 2.24) is 4.90 Å². The van der Waals surface area contributed by atoms with Crippen molar-refractivity contribution in [1.29, 1.82) is 0 Å². The minimum absolute atomic E-state index is 0.0580. The van der Waals surface area contributed by atoms with Crippen LogP contribution in [-0.2, 0) is 16.0 Å². The molecule has 28 heavy (non-hydrogen) atoms. The number of hydrogen-bond donors (Lipinski definition) is 1. The van der Waals surface area contributed by atoms with Crippen molar-refractivity contribution in [2.45, 2.75) is 26.7 Å². The number of amides is 2. The first kappa shape index (κ1) is 21.2. The Bertz CT molecular complexity index is 831. The number of anilines is 1. The number of benzene rings is 2. The third-order valence-corrected chi connectivity index (χ3v) is 4.44. The summed E-state index contributed by atoms with van der Waals surface area (Å²) in [4.78, 5) is 37.2. The number of nitrogens with one attached hydrogen (secondary N) is 1. The van der Waals surface area contributed by atoms with E-state index in [2.05, 4.69) is 5.32 Å². The van der Waals surface area contributed by atoms with Gasteiger partial charge in [-0.05, 0) is 43.2 Å². The summed E-state index contributed by atoms with van der Waals surface area (Å²) in [6, 6.07) is 14.5. The highest BCUT2D eigenvalue weighted by Gasteiger charge is 2.12. The Balaban J connectivity index is 1.86. The molecule has 0 aliphatic carbocycles. The zero-order chi connectivity index (χ0) is 20.5. The zero-order valence-electron chi connectivity index (χ0n) is 16.5. The highest BCUT2D eigenvalue weighted by molar-refractivity contribution is 5.97. The lowest BCUT2D eigenvalue weighted by atomic mass is 10.1. The molecule has 1 N–H and O–H groups in total. The van der Waals surface area contributed by atoms with Gasteiger partial charge in [0, 0.05) is 37.7 Å². The summed E-state index contributed by atoms with van der Waals surface area (Å²) in [7, 11) is 1.62. The molecular weight excluding hydrogens is 356 g/mol. The van der Waals surface area contributed by atoms with E-state index in [-0.39, 0.29) is 24.0 Å². The van der Waals surface area contributed by atoms with Gasteiger partial charge in [0.05, 0.1) is 7.11 Å². The maximum absolute atomic E-state index is 12.2. The van der Waals surface area contributed by atoms with E-state index in [0.717, 1.165) is 11.3 Å². The second-order valence-electron chi connectivity index (χ2n) is 6.54. The molecule has 0 aromatic heterocycles. The lowest BCUT2D eigenvalue weighted by Gasteiger charge is -2.21. The predicted octanol–water partition coefficient (Wildman–Crippen LogP) is 3.32. The molecule has 2 rings (SSSR count). The smallest absolute Gasteiger partial charge is 0.226 e. The van der Waals surface area contributed by atoms with Crippen molar-refractivity contribution in [3.63, 3.8) is 0 Å². The molecule has 2 aromatic carbocycles. The molecule has 0 radical (unpaired) electrons. The molecule has 0 spiro atoms. The van der Waals surface area contributed by atoms with Gasteiger partial charge in [-0.3, -0.25) is 14.4 Å². The Kier molecular flexibility index (Phi) is 7.75. The number of ether oxygens (including phenoxy) is 1. The molecule has 0 saturated carbocycles. The van der Waals surface area contributed by atoms with Gasteiger partial charge in [-0.15, -0.1) is 0 Å². The van der Waals surface area contributed by atoms with E-state index >= 15 is 0 Å². The first-order valence-corrected chi connectivity index (χ1v) is 9.18. The fourth-order valence-corrected chi connectivity index (χ4v) is 2.76. The summed E-state index contributed by atoms with van der Waals surface area (Å²) in [6.07, 6.45) is 0.887. The van der Waals surface area contributed by atoms with Crippen LogP contribution in [0.2, 0.25) is 0 Å². The summed E-state index contributed by atoms with van der Waals surface area (Å²) in [6.45, 7) is 3.86. The Morgan fingerprint density at radius 2 is 1.71 bits per heavy atom. The average Bonchev–Trinajstić information content (AvgIpc) is 2.68. The van der Waals surface area contributed by atoms with Crippen LogP contribution in [0.4, 0.5) is 5.69 Å². The van der Waals surface area contributed by atoms with Crippen LogP contribution < -0.4 is 10.1 Å². The van der Waals surface area contributed by atoms with Crippen molar-refractivity contribution in [2.24, 2.45) is 0 Å². The minimum atomic E-state index is -0.198. The van der Waals surface area contributed by atoms with Gasteiger partial charge < -0.3 is 15.0 Å². The quantitative estimate of drug-likeness (QED) is 0.675. The van der Waals surface area contributed by atoms with Crippen molar-refractivity contribution in [3.8, 4) is 5.75 Å². The molecule has 6 heteroatoms. The monoisotopic (exact) mass is 382 g/mol. The van der Waals surface area contributed by atoms with E-state index in [9.17, 15) is 14.4 Å². The largest absolute Gasteiger partial charge is 0.497 e. The van der Waals surface area contributed by atoms with Crippen LogP contribution in [0.5, 0.6) is 5.75 Å². The van der Waals surface area contributed by atoms with Crippen LogP contribution in [-0.4, -0.2) is 42.7 Å². The summed E-state index contributed by atoms with van der Waals surface area (Å²) in [5.41, 5.74) is 2.21. The van der Waals surface area contributed by atoms with Crippen LogP contribution in [0.1, 0.15) is 36.2 Å². The van der Waals surface area contributed by atoms with E-state index in [4.69, 9.17) is 4.74 Å². The molecule has 0 bridgehead atoms. The van der Waals surface area contributed by atoms with Crippen LogP contribution in [0.25, 0.3) is 0 Å². The minimum Gasteiger partial charge on any atom is -0.497 e. The van der Waals surface area contributed by atoms with E-state index in [1.807, 2.05) is 24.3 Å². The number of methoxy groups -OCH3 is 1. The van der Waals surface area contributed by atoms with Crippen LogP contribution in [0, 0.1) is 0 Å². The average molecular weight is 382 g/mol. The molecule has 0 aliphatic rings. The predicted molar refractivity (Wildman–Crippen MR) is 109 cm³/mol. The molecule has 0 saturated heterocycles. The molecule has 0 aliphatic heterocycles. The Morgan fingerprint density at radius 1 is 1.00 bits per heavy atom. The number of hydrogen-bond acceptors (Lipinski definition) is 4. The molecular formula is C22H26N2O4. The molecule has 0 fully saturated rings. The van der Waals surface area contributed by atoms with Gasteiger partial charge in [-0.25, -0.2) is 0 Å². The lowest BCUT2D eigenvalue weighted by molar-refractivity contribution is -0.129. The molecule has 2 aromatic rings. The van der Waals surface area contributed by atoms with Gasteiger partial charge in [-0.2, -0.15) is 0 Å². The molecule has 2 amide bonds. The summed E-state index contributed by atoms with van der Waals surface area (Å²) in [5.74, 6) is 0.464. The normalized spacial score (nSPS) is 10.2. The lowest BCUT2D eigenvalue weighted by Crippen LogP contribution is -2.33. The van der Waals surface area contributed by atoms with E-state index in [0.29, 0.717) is 30.8 Å². The van der Waals surface area contributed by atoms with Crippen molar-refractivity contribution >= 4 is 23.3 Å². The van der Waals surface area contributed by atoms with Gasteiger partial charge in [0.25, 0.3) is 0 Å². The van der Waals surface area contributed by atoms with E-state index in [1.54, 1.807) is 36.3 Å². The number of carbonyl (C=O) groups is 3. The van der Waals surface area contributed by atoms with Gasteiger partial charge in [0.15, 0.2) is 5.78 Å². The summed E-state index contributed by atoms with van der Waals surface area (Å²) < 4.78 is 5.14. The maximum Gasteiger partial charge on any atom is 0.226 e. The standard InChI is InChI=1S/C22H26N2O4/c1-16(25)19-5-4-6-20(15-19)23-22(27)12-14-24(17(2)26)13-11-18-7-9-21(28-3)10-8-18/h4-10,15H,11-14H2,1-3H3,(H,23,27). The first-order valence-electron chi connectivity index (χ1n) is 9.18. The van der Waals surface area contributed by atoms with Crippen molar-refractivity contribution in [3.05, 3.63) is 59.7 Å². The molecule has 6 nitrogen and oxygen atoms in total. The van der Waals surface area contributed by atoms with Gasteiger partial charge >= 0.3 is 0 Å². The zero-order valence-corrected chi connectivity index (χ0v) is 16.5. The number of nitrogens with zero attached hydrogens (tertiary/aromatic N) is 1. The fraction of sp³-hybridized carbons (Fsp3) is 0.318. The number of ketones is 1. The van der Waals surface area contributed by atoms with Crippen molar-refractivity contribution in [2.75, 3.05) is 25.5 Å². The highest BCUT2D eigenvalue weighted by Crippen LogP contribution is 2.13. The Morgan fingerprint density at radius 3 is 2.32 bits per heavy atom. The molecule has 0 atom stereocenters. The van der Waals surface area contributed by atoms with Crippen LogP contribution >= 0.6 is 0 Å². The first-order chi connectivity index (χ1) is 13.4.